The molecule has 0 radical (unpaired) electrons. The molecule has 1 aliphatic rings. The Morgan fingerprint density at radius 3 is 2.73 bits per heavy atom. The Hall–Kier alpha value is -2.68. The molecule has 1 aliphatic heterocycles. The Kier molecular flexibility index (Phi) is 8.16. The van der Waals surface area contributed by atoms with Crippen molar-refractivity contribution in [2.24, 2.45) is 0 Å². The molecular formula is C21H30FN3O5. The molecule has 2 amide bonds. The second-order valence-corrected chi connectivity index (χ2v) is 7.93. The van der Waals surface area contributed by atoms with Gasteiger partial charge in [-0.2, -0.15) is 0 Å². The van der Waals surface area contributed by atoms with Crippen LogP contribution in [-0.2, 0) is 20.8 Å². The number of aromatic nitrogens is 1. The minimum Gasteiger partial charge on any atom is -0.481 e. The molecule has 0 aromatic carbocycles. The van der Waals surface area contributed by atoms with Crippen LogP contribution in [0.3, 0.4) is 0 Å². The number of nitrogens with zero attached hydrogens (tertiary/aromatic N) is 2. The van der Waals surface area contributed by atoms with E-state index in [9.17, 15) is 14.0 Å². The van der Waals surface area contributed by atoms with Crippen LogP contribution in [0.2, 0.25) is 0 Å². The van der Waals surface area contributed by atoms with Gasteiger partial charge in [-0.1, -0.05) is 6.08 Å². The van der Waals surface area contributed by atoms with Crippen molar-refractivity contribution >= 4 is 18.1 Å². The molecule has 0 spiro atoms. The smallest absolute Gasteiger partial charge is 0.410 e. The Morgan fingerprint density at radius 2 is 2.10 bits per heavy atom. The van der Waals surface area contributed by atoms with E-state index in [1.54, 1.807) is 26.8 Å². The first-order chi connectivity index (χ1) is 14.2. The Bertz CT molecular complexity index is 792. The first-order valence-corrected chi connectivity index (χ1v) is 9.82. The average molecular weight is 423 g/mol. The van der Waals surface area contributed by atoms with Crippen LogP contribution >= 0.6 is 0 Å². The van der Waals surface area contributed by atoms with Gasteiger partial charge in [-0.05, 0) is 45.8 Å². The summed E-state index contributed by atoms with van der Waals surface area (Å²) in [6.45, 7) is 6.13. The van der Waals surface area contributed by atoms with Gasteiger partial charge in [-0.15, -0.1) is 0 Å². The summed E-state index contributed by atoms with van der Waals surface area (Å²) in [7, 11) is 2.96. The fourth-order valence-electron chi connectivity index (χ4n) is 3.08. The number of carbonyl (C=O) groups excluding carboxylic acids is 2. The van der Waals surface area contributed by atoms with Gasteiger partial charge >= 0.3 is 6.09 Å². The topological polar surface area (TPSA) is 90.0 Å². The number of methoxy groups -OCH3 is 2. The molecule has 8 nitrogen and oxygen atoms in total. The predicted molar refractivity (Wildman–Crippen MR) is 109 cm³/mol. The third kappa shape index (κ3) is 6.41. The average Bonchev–Trinajstić information content (AvgIpc) is 3.16. The number of likely N-dealkylation sites (tertiary alicyclic amines) is 1. The zero-order valence-corrected chi connectivity index (χ0v) is 18.2. The third-order valence-corrected chi connectivity index (χ3v) is 4.41. The van der Waals surface area contributed by atoms with E-state index >= 15 is 0 Å². The highest BCUT2D eigenvalue weighted by Crippen LogP contribution is 2.23. The molecular weight excluding hydrogens is 393 g/mol. The molecule has 1 saturated heterocycles. The number of carbonyl (C=O) groups is 2. The van der Waals surface area contributed by atoms with Crippen LogP contribution in [0, 0.1) is 5.82 Å². The van der Waals surface area contributed by atoms with Crippen molar-refractivity contribution in [2.45, 2.75) is 51.8 Å². The van der Waals surface area contributed by atoms with Crippen LogP contribution in [0.1, 0.15) is 44.9 Å². The van der Waals surface area contributed by atoms with E-state index in [0.29, 0.717) is 31.6 Å². The number of nitrogens with one attached hydrogen (secondary N) is 1. The van der Waals surface area contributed by atoms with Gasteiger partial charge in [0.05, 0.1) is 13.7 Å². The fourth-order valence-corrected chi connectivity index (χ4v) is 3.08. The Morgan fingerprint density at radius 1 is 1.37 bits per heavy atom. The van der Waals surface area contributed by atoms with E-state index in [-0.39, 0.29) is 24.0 Å². The van der Waals surface area contributed by atoms with Gasteiger partial charge in [0, 0.05) is 25.8 Å². The van der Waals surface area contributed by atoms with Crippen molar-refractivity contribution in [3.63, 3.8) is 0 Å². The fraction of sp³-hybridized carbons (Fsp3) is 0.571. The number of ether oxygens (including phenoxy) is 3. The molecule has 2 rings (SSSR count). The molecule has 1 aromatic heterocycles. The number of hydrogen-bond donors (Lipinski definition) is 1. The van der Waals surface area contributed by atoms with Crippen LogP contribution < -0.4 is 10.1 Å². The van der Waals surface area contributed by atoms with Crippen LogP contribution in [0.4, 0.5) is 9.18 Å². The molecule has 0 bridgehead atoms. The maximum absolute atomic E-state index is 14.4. The highest BCUT2D eigenvalue weighted by molar-refractivity contribution is 5.86. The molecule has 1 unspecified atom stereocenters. The molecule has 1 N–H and O–H groups in total. The zero-order valence-electron chi connectivity index (χ0n) is 18.2. The number of rotatable bonds is 7. The molecule has 1 aromatic rings. The summed E-state index contributed by atoms with van der Waals surface area (Å²) in [5.41, 5.74) is -0.128. The van der Waals surface area contributed by atoms with Crippen molar-refractivity contribution in [1.29, 1.82) is 0 Å². The highest BCUT2D eigenvalue weighted by Gasteiger charge is 2.36. The highest BCUT2D eigenvalue weighted by atomic mass is 19.1. The molecule has 0 saturated carbocycles. The van der Waals surface area contributed by atoms with Crippen LogP contribution in [-0.4, -0.2) is 60.9 Å². The summed E-state index contributed by atoms with van der Waals surface area (Å²) in [6, 6.07) is 0.652. The first kappa shape index (κ1) is 23.6. The maximum Gasteiger partial charge on any atom is 0.410 e. The standard InChI is InChI=1S/C21H30FN3O5/c1-21(2,3)30-20(27)25-10-6-9-17(25)18(26)23-13-14-12-15(22)16(8-7-11-28-4)24-19(14)29-5/h7-8,12,17H,6,9-11,13H2,1-5H3,(H,23,26). The summed E-state index contributed by atoms with van der Waals surface area (Å²) < 4.78 is 29.9. The van der Waals surface area contributed by atoms with Gasteiger partial charge in [-0.3, -0.25) is 9.69 Å². The van der Waals surface area contributed by atoms with Crippen molar-refractivity contribution in [3.05, 3.63) is 29.2 Å². The monoisotopic (exact) mass is 423 g/mol. The lowest BCUT2D eigenvalue weighted by Gasteiger charge is -2.28. The molecule has 1 fully saturated rings. The molecule has 0 aliphatic carbocycles. The van der Waals surface area contributed by atoms with Crippen molar-refractivity contribution < 1.29 is 28.2 Å². The zero-order chi connectivity index (χ0) is 22.3. The lowest BCUT2D eigenvalue weighted by Crippen LogP contribution is -2.47. The molecule has 30 heavy (non-hydrogen) atoms. The van der Waals surface area contributed by atoms with Gasteiger partial charge in [-0.25, -0.2) is 14.2 Å². The summed E-state index contributed by atoms with van der Waals surface area (Å²) in [5, 5.41) is 2.75. The summed E-state index contributed by atoms with van der Waals surface area (Å²) >= 11 is 0. The van der Waals surface area contributed by atoms with Crippen LogP contribution in [0.5, 0.6) is 5.88 Å². The van der Waals surface area contributed by atoms with Gasteiger partial charge in [0.25, 0.3) is 0 Å². The molecule has 1 atom stereocenters. The van der Waals surface area contributed by atoms with E-state index in [1.165, 1.54) is 31.3 Å². The molecule has 9 heteroatoms. The van der Waals surface area contributed by atoms with E-state index < -0.39 is 23.6 Å². The quantitative estimate of drug-likeness (QED) is 0.725. The lowest BCUT2D eigenvalue weighted by molar-refractivity contribution is -0.125. The van der Waals surface area contributed by atoms with Gasteiger partial charge in [0.2, 0.25) is 11.8 Å². The number of halogens is 1. The minimum atomic E-state index is -0.642. The van der Waals surface area contributed by atoms with Crippen molar-refractivity contribution in [1.82, 2.24) is 15.2 Å². The van der Waals surface area contributed by atoms with E-state index in [1.807, 2.05) is 0 Å². The Balaban J connectivity index is 2.06. The van der Waals surface area contributed by atoms with Gasteiger partial charge in [0.15, 0.2) is 0 Å². The summed E-state index contributed by atoms with van der Waals surface area (Å²) in [4.78, 5) is 30.6. The maximum atomic E-state index is 14.4. The van der Waals surface area contributed by atoms with E-state index in [2.05, 4.69) is 10.3 Å². The van der Waals surface area contributed by atoms with Crippen molar-refractivity contribution in [2.75, 3.05) is 27.4 Å². The van der Waals surface area contributed by atoms with Gasteiger partial charge in [0.1, 0.15) is 23.2 Å². The largest absolute Gasteiger partial charge is 0.481 e. The second kappa shape index (κ2) is 10.4. The minimum absolute atomic E-state index is 0.0205. The third-order valence-electron chi connectivity index (χ3n) is 4.41. The second-order valence-electron chi connectivity index (χ2n) is 7.93. The lowest BCUT2D eigenvalue weighted by atomic mass is 10.2. The number of hydrogen-bond acceptors (Lipinski definition) is 6. The first-order valence-electron chi connectivity index (χ1n) is 9.82. The van der Waals surface area contributed by atoms with E-state index in [0.717, 1.165) is 0 Å². The van der Waals surface area contributed by atoms with Crippen LogP contribution in [0.15, 0.2) is 12.1 Å². The predicted octanol–water partition coefficient (Wildman–Crippen LogP) is 2.90. The Labute approximate surface area is 176 Å². The molecule has 166 valence electrons. The number of amides is 2. The number of pyridine rings is 1. The van der Waals surface area contributed by atoms with Crippen LogP contribution in [0.25, 0.3) is 6.08 Å². The SMILES string of the molecule is COCC=Cc1nc(OC)c(CNC(=O)C2CCCN2C(=O)OC(C)(C)C)cc1F. The summed E-state index contributed by atoms with van der Waals surface area (Å²) in [6.07, 6.45) is 3.87. The summed E-state index contributed by atoms with van der Waals surface area (Å²) in [5.74, 6) is -0.655. The molecule has 2 heterocycles. The van der Waals surface area contributed by atoms with E-state index in [4.69, 9.17) is 14.2 Å². The van der Waals surface area contributed by atoms with Crippen molar-refractivity contribution in [3.8, 4) is 5.88 Å². The normalized spacial score (nSPS) is 16.7. The van der Waals surface area contributed by atoms with Gasteiger partial charge < -0.3 is 19.5 Å².